The predicted octanol–water partition coefficient (Wildman–Crippen LogP) is 7.26. The first-order chi connectivity index (χ1) is 17.1. The molecule has 36 heavy (non-hydrogen) atoms. The van der Waals surface area contributed by atoms with Crippen LogP contribution in [-0.2, 0) is 16.0 Å². The van der Waals surface area contributed by atoms with Crippen LogP contribution in [0.3, 0.4) is 0 Å². The van der Waals surface area contributed by atoms with Crippen molar-refractivity contribution in [3.63, 3.8) is 0 Å². The van der Waals surface area contributed by atoms with Crippen LogP contribution in [0.2, 0.25) is 0 Å². The maximum atomic E-state index is 14.1. The van der Waals surface area contributed by atoms with Gasteiger partial charge in [-0.2, -0.15) is 11.3 Å². The smallest absolute Gasteiger partial charge is 0.248 e. The van der Waals surface area contributed by atoms with Crippen LogP contribution >= 0.6 is 11.3 Å². The average Bonchev–Trinajstić information content (AvgIpc) is 3.36. The average molecular weight is 499 g/mol. The number of hydrogen-bond donors (Lipinski definition) is 1. The number of amides is 2. The van der Waals surface area contributed by atoms with E-state index in [0.717, 1.165) is 21.9 Å². The minimum Gasteiger partial charge on any atom is -0.349 e. The van der Waals surface area contributed by atoms with E-state index < -0.39 is 11.6 Å². The molecule has 1 heterocycles. The summed E-state index contributed by atoms with van der Waals surface area (Å²) >= 11 is 1.52. The van der Waals surface area contributed by atoms with Crippen molar-refractivity contribution in [1.29, 1.82) is 0 Å². The first kappa shape index (κ1) is 25.6. The standard InChI is InChI=1S/C31H34N2O2S/c1-21(2)22-13-15-26(16-14-22)33(29(25-17-18-36-20-25)30(35)32-31(3,4)5)28(34)19-24-11-8-10-23-9-6-7-12-27(23)24/h6-18,20-21,29H,19H2,1-5H3,(H,32,35). The van der Waals surface area contributed by atoms with Gasteiger partial charge in [0.25, 0.3) is 0 Å². The fourth-order valence-electron chi connectivity index (χ4n) is 4.44. The lowest BCUT2D eigenvalue weighted by Crippen LogP contribution is -2.49. The van der Waals surface area contributed by atoms with Crippen molar-refractivity contribution < 1.29 is 9.59 Å². The van der Waals surface area contributed by atoms with Gasteiger partial charge in [0.1, 0.15) is 6.04 Å². The van der Waals surface area contributed by atoms with Gasteiger partial charge >= 0.3 is 0 Å². The van der Waals surface area contributed by atoms with Crippen molar-refractivity contribution in [2.24, 2.45) is 0 Å². The molecule has 0 fully saturated rings. The van der Waals surface area contributed by atoms with E-state index in [1.807, 2.05) is 92.2 Å². The SMILES string of the molecule is CC(C)c1ccc(N(C(=O)Cc2cccc3ccccc23)C(C(=O)NC(C)(C)C)c2ccsc2)cc1. The van der Waals surface area contributed by atoms with Crippen LogP contribution in [-0.4, -0.2) is 17.4 Å². The molecular weight excluding hydrogens is 464 g/mol. The van der Waals surface area contributed by atoms with Crippen LogP contribution in [0.4, 0.5) is 5.69 Å². The Hall–Kier alpha value is -3.44. The summed E-state index contributed by atoms with van der Waals surface area (Å²) in [5.74, 6) is 0.0553. The molecule has 0 saturated heterocycles. The summed E-state index contributed by atoms with van der Waals surface area (Å²) in [5, 5.41) is 9.15. The van der Waals surface area contributed by atoms with E-state index in [1.165, 1.54) is 16.9 Å². The monoisotopic (exact) mass is 498 g/mol. The molecule has 2 amide bonds. The van der Waals surface area contributed by atoms with E-state index in [9.17, 15) is 9.59 Å². The van der Waals surface area contributed by atoms with Gasteiger partial charge in [-0.05, 0) is 83.1 Å². The fourth-order valence-corrected chi connectivity index (χ4v) is 5.12. The number of rotatable bonds is 7. The molecule has 0 spiro atoms. The zero-order valence-corrected chi connectivity index (χ0v) is 22.4. The maximum Gasteiger partial charge on any atom is 0.248 e. The van der Waals surface area contributed by atoms with Gasteiger partial charge in [-0.25, -0.2) is 0 Å². The molecule has 1 unspecified atom stereocenters. The quantitative estimate of drug-likeness (QED) is 0.292. The Morgan fingerprint density at radius 3 is 2.22 bits per heavy atom. The maximum absolute atomic E-state index is 14.1. The normalized spacial score (nSPS) is 12.5. The van der Waals surface area contributed by atoms with Gasteiger partial charge in [-0.1, -0.05) is 68.4 Å². The summed E-state index contributed by atoms with van der Waals surface area (Å²) < 4.78 is 0. The van der Waals surface area contributed by atoms with Crippen molar-refractivity contribution >= 4 is 39.6 Å². The van der Waals surface area contributed by atoms with Gasteiger partial charge in [0.15, 0.2) is 0 Å². The molecule has 4 nitrogen and oxygen atoms in total. The number of nitrogens with zero attached hydrogens (tertiary/aromatic N) is 1. The summed E-state index contributed by atoms with van der Waals surface area (Å²) in [6.45, 7) is 10.1. The number of fused-ring (bicyclic) bond motifs is 1. The summed E-state index contributed by atoms with van der Waals surface area (Å²) in [6.07, 6.45) is 0.191. The molecule has 1 aromatic heterocycles. The third-order valence-electron chi connectivity index (χ3n) is 6.19. The first-order valence-corrected chi connectivity index (χ1v) is 13.3. The summed E-state index contributed by atoms with van der Waals surface area (Å²) in [4.78, 5) is 29.5. The Morgan fingerprint density at radius 1 is 0.889 bits per heavy atom. The number of hydrogen-bond acceptors (Lipinski definition) is 3. The van der Waals surface area contributed by atoms with Crippen molar-refractivity contribution in [2.75, 3.05) is 4.90 Å². The van der Waals surface area contributed by atoms with Gasteiger partial charge in [0.05, 0.1) is 6.42 Å². The van der Waals surface area contributed by atoms with Crippen LogP contribution in [0, 0.1) is 0 Å². The van der Waals surface area contributed by atoms with Crippen LogP contribution in [0.25, 0.3) is 10.8 Å². The van der Waals surface area contributed by atoms with E-state index in [2.05, 4.69) is 31.3 Å². The number of carbonyl (C=O) groups is 2. The highest BCUT2D eigenvalue weighted by atomic mass is 32.1. The second-order valence-corrected chi connectivity index (χ2v) is 11.3. The molecule has 3 aromatic carbocycles. The zero-order valence-electron chi connectivity index (χ0n) is 21.6. The highest BCUT2D eigenvalue weighted by Gasteiger charge is 2.34. The number of nitrogens with one attached hydrogen (secondary N) is 1. The fraction of sp³-hybridized carbons (Fsp3) is 0.290. The number of carbonyl (C=O) groups excluding carboxylic acids is 2. The molecular formula is C31H34N2O2S. The van der Waals surface area contributed by atoms with Crippen molar-refractivity contribution in [1.82, 2.24) is 5.32 Å². The van der Waals surface area contributed by atoms with E-state index in [1.54, 1.807) is 4.90 Å². The van der Waals surface area contributed by atoms with Crippen LogP contribution in [0.15, 0.2) is 83.6 Å². The summed E-state index contributed by atoms with van der Waals surface area (Å²) in [5.41, 5.74) is 3.22. The van der Waals surface area contributed by atoms with E-state index in [0.29, 0.717) is 11.6 Å². The molecule has 0 radical (unpaired) electrons. The molecule has 186 valence electrons. The summed E-state index contributed by atoms with van der Waals surface area (Å²) in [7, 11) is 0. The molecule has 4 aromatic rings. The van der Waals surface area contributed by atoms with E-state index >= 15 is 0 Å². The molecule has 1 atom stereocenters. The largest absolute Gasteiger partial charge is 0.349 e. The first-order valence-electron chi connectivity index (χ1n) is 12.4. The second kappa shape index (κ2) is 10.7. The topological polar surface area (TPSA) is 49.4 Å². The van der Waals surface area contributed by atoms with E-state index in [4.69, 9.17) is 0 Å². The molecule has 0 aliphatic rings. The van der Waals surface area contributed by atoms with Crippen LogP contribution in [0.1, 0.15) is 63.3 Å². The Morgan fingerprint density at radius 2 is 1.58 bits per heavy atom. The molecule has 1 N–H and O–H groups in total. The van der Waals surface area contributed by atoms with Gasteiger partial charge in [0.2, 0.25) is 11.8 Å². The van der Waals surface area contributed by atoms with Crippen LogP contribution < -0.4 is 10.2 Å². The molecule has 5 heteroatoms. The zero-order chi connectivity index (χ0) is 25.9. The molecule has 0 saturated carbocycles. The van der Waals surface area contributed by atoms with Gasteiger partial charge in [0, 0.05) is 11.2 Å². The third-order valence-corrected chi connectivity index (χ3v) is 6.89. The number of anilines is 1. The number of benzene rings is 3. The highest BCUT2D eigenvalue weighted by Crippen LogP contribution is 2.32. The summed E-state index contributed by atoms with van der Waals surface area (Å²) in [6, 6.07) is 23.3. The lowest BCUT2D eigenvalue weighted by atomic mass is 9.98. The Labute approximate surface area is 218 Å². The van der Waals surface area contributed by atoms with Gasteiger partial charge < -0.3 is 5.32 Å². The second-order valence-electron chi connectivity index (χ2n) is 10.5. The molecule has 4 rings (SSSR count). The Kier molecular flexibility index (Phi) is 7.60. The molecule has 0 aliphatic heterocycles. The van der Waals surface area contributed by atoms with Gasteiger partial charge in [-0.15, -0.1) is 0 Å². The van der Waals surface area contributed by atoms with Crippen molar-refractivity contribution in [3.05, 3.63) is 100 Å². The Bertz CT molecular complexity index is 1330. The highest BCUT2D eigenvalue weighted by molar-refractivity contribution is 7.08. The predicted molar refractivity (Wildman–Crippen MR) is 151 cm³/mol. The number of thiophene rings is 1. The lowest BCUT2D eigenvalue weighted by molar-refractivity contribution is -0.127. The lowest BCUT2D eigenvalue weighted by Gasteiger charge is -2.33. The van der Waals surface area contributed by atoms with Crippen LogP contribution in [0.5, 0.6) is 0 Å². The van der Waals surface area contributed by atoms with Gasteiger partial charge in [-0.3, -0.25) is 14.5 Å². The molecule has 0 aliphatic carbocycles. The van der Waals surface area contributed by atoms with Crippen molar-refractivity contribution in [3.8, 4) is 0 Å². The van der Waals surface area contributed by atoms with Crippen molar-refractivity contribution in [2.45, 2.75) is 58.5 Å². The minimum atomic E-state index is -0.775. The molecule has 0 bridgehead atoms. The third kappa shape index (κ3) is 5.85. The van der Waals surface area contributed by atoms with E-state index in [-0.39, 0.29) is 18.2 Å². The Balaban J connectivity index is 1.80. The minimum absolute atomic E-state index is 0.121.